The fourth-order valence-electron chi connectivity index (χ4n) is 1.62. The second kappa shape index (κ2) is 5.41. The third-order valence-corrected chi connectivity index (χ3v) is 3.43. The second-order valence-corrected chi connectivity index (χ2v) is 5.18. The van der Waals surface area contributed by atoms with Gasteiger partial charge in [-0.05, 0) is 45.6 Å². The van der Waals surface area contributed by atoms with Gasteiger partial charge in [-0.3, -0.25) is 0 Å². The molecule has 90 valence electrons. The van der Waals surface area contributed by atoms with Gasteiger partial charge < -0.3 is 9.73 Å². The molecule has 1 N–H and O–H groups in total. The Hall–Kier alpha value is -1.22. The maximum absolute atomic E-state index is 5.34. The minimum absolute atomic E-state index is 0.572. The standard InChI is InChI=1S/C14H16BrNO/c1-10(2)11-3-5-12(6-4-11)16-9-14-13(15)7-8-17-14/h3-8,10,16H,9H2,1-2H3. The van der Waals surface area contributed by atoms with Gasteiger partial charge in [-0.1, -0.05) is 26.0 Å². The van der Waals surface area contributed by atoms with Crippen molar-refractivity contribution in [2.24, 2.45) is 0 Å². The third-order valence-electron chi connectivity index (χ3n) is 2.72. The van der Waals surface area contributed by atoms with E-state index in [0.29, 0.717) is 12.5 Å². The van der Waals surface area contributed by atoms with Crippen LogP contribution in [0.1, 0.15) is 31.1 Å². The molecule has 0 aliphatic rings. The van der Waals surface area contributed by atoms with E-state index in [1.54, 1.807) is 6.26 Å². The van der Waals surface area contributed by atoms with E-state index in [4.69, 9.17) is 4.42 Å². The van der Waals surface area contributed by atoms with Crippen molar-refractivity contribution >= 4 is 21.6 Å². The summed E-state index contributed by atoms with van der Waals surface area (Å²) in [5.74, 6) is 1.49. The van der Waals surface area contributed by atoms with Crippen LogP contribution in [0.15, 0.2) is 45.5 Å². The lowest BCUT2D eigenvalue weighted by Crippen LogP contribution is -1.99. The van der Waals surface area contributed by atoms with E-state index in [1.807, 2.05) is 6.07 Å². The normalized spacial score (nSPS) is 10.8. The quantitative estimate of drug-likeness (QED) is 0.878. The number of benzene rings is 1. The van der Waals surface area contributed by atoms with Crippen LogP contribution >= 0.6 is 15.9 Å². The average Bonchev–Trinajstić information content (AvgIpc) is 2.73. The summed E-state index contributed by atoms with van der Waals surface area (Å²) in [5, 5.41) is 3.33. The molecule has 0 aliphatic heterocycles. The molecule has 2 rings (SSSR count). The zero-order chi connectivity index (χ0) is 12.3. The molecule has 1 aromatic carbocycles. The Bertz CT molecular complexity index is 473. The lowest BCUT2D eigenvalue weighted by molar-refractivity contribution is 0.516. The lowest BCUT2D eigenvalue weighted by atomic mass is 10.0. The van der Waals surface area contributed by atoms with Crippen LogP contribution < -0.4 is 5.32 Å². The van der Waals surface area contributed by atoms with Gasteiger partial charge in [0.1, 0.15) is 5.76 Å². The molecule has 0 aliphatic carbocycles. The lowest BCUT2D eigenvalue weighted by Gasteiger charge is -2.08. The molecule has 1 heterocycles. The molecule has 0 amide bonds. The first kappa shape index (κ1) is 12.2. The highest BCUT2D eigenvalue weighted by Crippen LogP contribution is 2.20. The summed E-state index contributed by atoms with van der Waals surface area (Å²) in [6, 6.07) is 10.4. The highest BCUT2D eigenvalue weighted by Gasteiger charge is 2.03. The maximum Gasteiger partial charge on any atom is 0.136 e. The zero-order valence-electron chi connectivity index (χ0n) is 10.0. The van der Waals surface area contributed by atoms with Crippen molar-refractivity contribution in [3.63, 3.8) is 0 Å². The van der Waals surface area contributed by atoms with Crippen molar-refractivity contribution in [2.45, 2.75) is 26.3 Å². The largest absolute Gasteiger partial charge is 0.466 e. The van der Waals surface area contributed by atoms with E-state index in [2.05, 4.69) is 59.4 Å². The Morgan fingerprint density at radius 1 is 1.18 bits per heavy atom. The van der Waals surface area contributed by atoms with Crippen molar-refractivity contribution in [1.82, 2.24) is 0 Å². The van der Waals surface area contributed by atoms with Gasteiger partial charge in [-0.25, -0.2) is 0 Å². The van der Waals surface area contributed by atoms with E-state index in [0.717, 1.165) is 15.9 Å². The Labute approximate surface area is 110 Å². The summed E-state index contributed by atoms with van der Waals surface area (Å²) < 4.78 is 6.34. The maximum atomic E-state index is 5.34. The van der Waals surface area contributed by atoms with Crippen LogP contribution in [0, 0.1) is 0 Å². The number of anilines is 1. The molecule has 0 saturated heterocycles. The molecule has 0 fully saturated rings. The smallest absolute Gasteiger partial charge is 0.136 e. The first-order chi connectivity index (χ1) is 8.16. The van der Waals surface area contributed by atoms with Gasteiger partial charge in [0, 0.05) is 5.69 Å². The monoisotopic (exact) mass is 293 g/mol. The first-order valence-electron chi connectivity index (χ1n) is 5.72. The fraction of sp³-hybridized carbons (Fsp3) is 0.286. The summed E-state index contributed by atoms with van der Waals surface area (Å²) in [6.45, 7) is 5.08. The van der Waals surface area contributed by atoms with Gasteiger partial charge in [0.05, 0.1) is 17.3 Å². The summed E-state index contributed by atoms with van der Waals surface area (Å²) in [7, 11) is 0. The van der Waals surface area contributed by atoms with Gasteiger partial charge in [0.25, 0.3) is 0 Å². The van der Waals surface area contributed by atoms with Crippen LogP contribution in [0.4, 0.5) is 5.69 Å². The summed E-state index contributed by atoms with van der Waals surface area (Å²) in [4.78, 5) is 0. The van der Waals surface area contributed by atoms with E-state index in [9.17, 15) is 0 Å². The van der Waals surface area contributed by atoms with Crippen LogP contribution in [-0.4, -0.2) is 0 Å². The Balaban J connectivity index is 1.98. The van der Waals surface area contributed by atoms with Gasteiger partial charge in [0.2, 0.25) is 0 Å². The van der Waals surface area contributed by atoms with E-state index < -0.39 is 0 Å². The molecule has 1 aromatic heterocycles. The summed E-state index contributed by atoms with van der Waals surface area (Å²) >= 11 is 3.44. The Morgan fingerprint density at radius 2 is 1.88 bits per heavy atom. The minimum atomic E-state index is 0.572. The highest BCUT2D eigenvalue weighted by molar-refractivity contribution is 9.10. The molecule has 0 radical (unpaired) electrons. The van der Waals surface area contributed by atoms with E-state index >= 15 is 0 Å². The van der Waals surface area contributed by atoms with Gasteiger partial charge >= 0.3 is 0 Å². The van der Waals surface area contributed by atoms with Crippen molar-refractivity contribution in [1.29, 1.82) is 0 Å². The highest BCUT2D eigenvalue weighted by atomic mass is 79.9. The summed E-state index contributed by atoms with van der Waals surface area (Å²) in [6.07, 6.45) is 1.68. The number of halogens is 1. The Kier molecular flexibility index (Phi) is 3.89. The first-order valence-corrected chi connectivity index (χ1v) is 6.52. The van der Waals surface area contributed by atoms with Crippen molar-refractivity contribution < 1.29 is 4.42 Å². The molecule has 0 bridgehead atoms. The summed E-state index contributed by atoms with van der Waals surface area (Å²) in [5.41, 5.74) is 2.47. The van der Waals surface area contributed by atoms with Gasteiger partial charge in [-0.15, -0.1) is 0 Å². The van der Waals surface area contributed by atoms with Crippen LogP contribution in [-0.2, 0) is 6.54 Å². The van der Waals surface area contributed by atoms with Crippen LogP contribution in [0.5, 0.6) is 0 Å². The third kappa shape index (κ3) is 3.13. The molecule has 3 heteroatoms. The molecule has 2 nitrogen and oxygen atoms in total. The van der Waals surface area contributed by atoms with Gasteiger partial charge in [-0.2, -0.15) is 0 Å². The van der Waals surface area contributed by atoms with Crippen molar-refractivity contribution in [2.75, 3.05) is 5.32 Å². The molecule has 0 spiro atoms. The molecular formula is C14H16BrNO. The predicted molar refractivity (Wildman–Crippen MR) is 74.3 cm³/mol. The number of hydrogen-bond acceptors (Lipinski definition) is 2. The Morgan fingerprint density at radius 3 is 2.41 bits per heavy atom. The molecule has 2 aromatic rings. The number of nitrogens with one attached hydrogen (secondary N) is 1. The van der Waals surface area contributed by atoms with Gasteiger partial charge in [0.15, 0.2) is 0 Å². The molecule has 17 heavy (non-hydrogen) atoms. The van der Waals surface area contributed by atoms with Crippen LogP contribution in [0.2, 0.25) is 0 Å². The molecule has 0 atom stereocenters. The van der Waals surface area contributed by atoms with Crippen LogP contribution in [0.3, 0.4) is 0 Å². The second-order valence-electron chi connectivity index (χ2n) is 4.32. The van der Waals surface area contributed by atoms with E-state index in [1.165, 1.54) is 5.56 Å². The van der Waals surface area contributed by atoms with Crippen molar-refractivity contribution in [3.8, 4) is 0 Å². The molecule has 0 saturated carbocycles. The SMILES string of the molecule is CC(C)c1ccc(NCc2occc2Br)cc1. The van der Waals surface area contributed by atoms with Crippen molar-refractivity contribution in [3.05, 3.63) is 52.4 Å². The number of rotatable bonds is 4. The fourth-order valence-corrected chi connectivity index (χ4v) is 1.96. The minimum Gasteiger partial charge on any atom is -0.466 e. The molecular weight excluding hydrogens is 278 g/mol. The zero-order valence-corrected chi connectivity index (χ0v) is 11.6. The number of furan rings is 1. The van der Waals surface area contributed by atoms with E-state index in [-0.39, 0.29) is 0 Å². The predicted octanol–water partition coefficient (Wildman–Crippen LogP) is 4.78. The van der Waals surface area contributed by atoms with Crippen LogP contribution in [0.25, 0.3) is 0 Å². The molecule has 0 unspecified atom stereocenters. The topological polar surface area (TPSA) is 25.2 Å². The average molecular weight is 294 g/mol. The number of hydrogen-bond donors (Lipinski definition) is 1.